The standard InChI is InChI=1S/C19H34N6/c1-7-20-19(21-12-18-15(4)23-24(6)16(18)5)22-17-8-10-25(11-9-17)13-14(2)3/h17H,2,7-13H2,1,3-6H3,(H2,20,21,22). The maximum Gasteiger partial charge on any atom is 0.191 e. The first-order valence-corrected chi connectivity index (χ1v) is 9.31. The minimum Gasteiger partial charge on any atom is -0.357 e. The Morgan fingerprint density at radius 3 is 2.52 bits per heavy atom. The van der Waals surface area contributed by atoms with Gasteiger partial charge in [-0.1, -0.05) is 12.2 Å². The van der Waals surface area contributed by atoms with Crippen LogP contribution in [0, 0.1) is 13.8 Å². The lowest BCUT2D eigenvalue weighted by Crippen LogP contribution is -2.48. The molecular formula is C19H34N6. The Morgan fingerprint density at radius 1 is 1.32 bits per heavy atom. The lowest BCUT2D eigenvalue weighted by atomic mass is 10.0. The summed E-state index contributed by atoms with van der Waals surface area (Å²) in [6.45, 7) is 17.1. The van der Waals surface area contributed by atoms with E-state index in [-0.39, 0.29) is 0 Å². The molecule has 0 radical (unpaired) electrons. The summed E-state index contributed by atoms with van der Waals surface area (Å²) in [6.07, 6.45) is 2.28. The van der Waals surface area contributed by atoms with Gasteiger partial charge in [-0.3, -0.25) is 9.58 Å². The molecule has 0 aromatic carbocycles. The van der Waals surface area contributed by atoms with Crippen LogP contribution in [0.15, 0.2) is 17.1 Å². The molecule has 2 heterocycles. The minimum absolute atomic E-state index is 0.482. The molecule has 0 amide bonds. The van der Waals surface area contributed by atoms with Gasteiger partial charge in [-0.15, -0.1) is 0 Å². The molecule has 140 valence electrons. The summed E-state index contributed by atoms with van der Waals surface area (Å²) in [5.41, 5.74) is 4.71. The Bertz CT molecular complexity index is 608. The van der Waals surface area contributed by atoms with Crippen molar-refractivity contribution in [2.45, 2.75) is 53.1 Å². The summed E-state index contributed by atoms with van der Waals surface area (Å²) in [4.78, 5) is 7.27. The lowest BCUT2D eigenvalue weighted by Gasteiger charge is -2.33. The Balaban J connectivity index is 1.93. The highest BCUT2D eigenvalue weighted by Gasteiger charge is 2.20. The van der Waals surface area contributed by atoms with Crippen LogP contribution in [0.1, 0.15) is 43.6 Å². The van der Waals surface area contributed by atoms with Gasteiger partial charge in [0.25, 0.3) is 0 Å². The number of aryl methyl sites for hydroxylation is 2. The predicted molar refractivity (Wildman–Crippen MR) is 105 cm³/mol. The molecule has 0 aliphatic carbocycles. The highest BCUT2D eigenvalue weighted by molar-refractivity contribution is 5.80. The van der Waals surface area contributed by atoms with Crippen LogP contribution in [0.3, 0.4) is 0 Å². The van der Waals surface area contributed by atoms with E-state index in [1.54, 1.807) is 0 Å². The van der Waals surface area contributed by atoms with E-state index >= 15 is 0 Å². The molecule has 0 unspecified atom stereocenters. The molecule has 6 heteroatoms. The van der Waals surface area contributed by atoms with Crippen molar-refractivity contribution >= 4 is 5.96 Å². The van der Waals surface area contributed by atoms with Gasteiger partial charge >= 0.3 is 0 Å². The fraction of sp³-hybridized carbons (Fsp3) is 0.684. The minimum atomic E-state index is 0.482. The highest BCUT2D eigenvalue weighted by Crippen LogP contribution is 2.14. The third kappa shape index (κ3) is 5.59. The molecular weight excluding hydrogens is 312 g/mol. The molecule has 0 atom stereocenters. The van der Waals surface area contributed by atoms with E-state index < -0.39 is 0 Å². The molecule has 6 nitrogen and oxygen atoms in total. The fourth-order valence-electron chi connectivity index (χ4n) is 3.33. The van der Waals surface area contributed by atoms with Crippen LogP contribution in [-0.2, 0) is 13.6 Å². The van der Waals surface area contributed by atoms with Crippen molar-refractivity contribution in [3.63, 3.8) is 0 Å². The van der Waals surface area contributed by atoms with E-state index in [4.69, 9.17) is 4.99 Å². The first-order chi connectivity index (χ1) is 11.9. The van der Waals surface area contributed by atoms with Crippen LogP contribution in [0.2, 0.25) is 0 Å². The van der Waals surface area contributed by atoms with E-state index in [1.807, 2.05) is 11.7 Å². The summed E-state index contributed by atoms with van der Waals surface area (Å²) >= 11 is 0. The van der Waals surface area contributed by atoms with Gasteiger partial charge in [0.1, 0.15) is 0 Å². The van der Waals surface area contributed by atoms with Gasteiger partial charge in [0.05, 0.1) is 12.2 Å². The number of guanidine groups is 1. The lowest BCUT2D eigenvalue weighted by molar-refractivity contribution is 0.221. The van der Waals surface area contributed by atoms with Gasteiger partial charge in [-0.05, 0) is 40.5 Å². The number of hydrogen-bond acceptors (Lipinski definition) is 3. The number of piperidine rings is 1. The van der Waals surface area contributed by atoms with Crippen molar-refractivity contribution in [1.82, 2.24) is 25.3 Å². The van der Waals surface area contributed by atoms with Crippen LogP contribution in [0.25, 0.3) is 0 Å². The van der Waals surface area contributed by atoms with Crippen LogP contribution >= 0.6 is 0 Å². The normalized spacial score (nSPS) is 16.9. The second-order valence-corrected chi connectivity index (χ2v) is 7.12. The van der Waals surface area contributed by atoms with Crippen molar-refractivity contribution in [1.29, 1.82) is 0 Å². The summed E-state index contributed by atoms with van der Waals surface area (Å²) in [5.74, 6) is 0.906. The molecule has 2 rings (SSSR count). The Kier molecular flexibility index (Phi) is 7.05. The molecule has 0 spiro atoms. The van der Waals surface area contributed by atoms with Crippen molar-refractivity contribution < 1.29 is 0 Å². The molecule has 1 aliphatic rings. The smallest absolute Gasteiger partial charge is 0.191 e. The largest absolute Gasteiger partial charge is 0.357 e. The van der Waals surface area contributed by atoms with Crippen molar-refractivity contribution in [2.75, 3.05) is 26.2 Å². The summed E-state index contributed by atoms with van der Waals surface area (Å²) in [6, 6.07) is 0.482. The number of nitrogens with one attached hydrogen (secondary N) is 2. The average molecular weight is 347 g/mol. The second-order valence-electron chi connectivity index (χ2n) is 7.12. The maximum absolute atomic E-state index is 4.79. The van der Waals surface area contributed by atoms with Gasteiger partial charge in [0.15, 0.2) is 5.96 Å². The number of aromatic nitrogens is 2. The van der Waals surface area contributed by atoms with E-state index in [2.05, 4.69) is 54.9 Å². The molecule has 0 saturated carbocycles. The number of nitrogens with zero attached hydrogens (tertiary/aromatic N) is 4. The molecule has 1 aromatic heterocycles. The number of rotatable bonds is 6. The zero-order chi connectivity index (χ0) is 18.4. The van der Waals surface area contributed by atoms with E-state index in [0.717, 1.165) is 50.7 Å². The Hall–Kier alpha value is -1.82. The van der Waals surface area contributed by atoms with Crippen molar-refractivity contribution in [3.8, 4) is 0 Å². The second kappa shape index (κ2) is 9.04. The number of aliphatic imine (C=N–C) groups is 1. The summed E-state index contributed by atoms with van der Waals surface area (Å²) < 4.78 is 1.93. The predicted octanol–water partition coefficient (Wildman–Crippen LogP) is 2.13. The van der Waals surface area contributed by atoms with Gasteiger partial charge in [0.2, 0.25) is 0 Å². The molecule has 1 aliphatic heterocycles. The molecule has 1 aromatic rings. The third-order valence-electron chi connectivity index (χ3n) is 4.82. The zero-order valence-corrected chi connectivity index (χ0v) is 16.5. The Labute approximate surface area is 152 Å². The van der Waals surface area contributed by atoms with Gasteiger partial charge < -0.3 is 10.6 Å². The molecule has 2 N–H and O–H groups in total. The van der Waals surface area contributed by atoms with Crippen LogP contribution in [0.4, 0.5) is 0 Å². The molecule has 0 bridgehead atoms. The zero-order valence-electron chi connectivity index (χ0n) is 16.5. The number of likely N-dealkylation sites (tertiary alicyclic amines) is 1. The van der Waals surface area contributed by atoms with Gasteiger partial charge in [0, 0.05) is 50.5 Å². The van der Waals surface area contributed by atoms with E-state index in [0.29, 0.717) is 12.6 Å². The monoisotopic (exact) mass is 346 g/mol. The van der Waals surface area contributed by atoms with Gasteiger partial charge in [-0.2, -0.15) is 5.10 Å². The van der Waals surface area contributed by atoms with Crippen LogP contribution in [0.5, 0.6) is 0 Å². The van der Waals surface area contributed by atoms with E-state index in [9.17, 15) is 0 Å². The SMILES string of the molecule is C=C(C)CN1CCC(NC(=NCc2c(C)nn(C)c2C)NCC)CC1. The first-order valence-electron chi connectivity index (χ1n) is 9.31. The summed E-state index contributed by atoms with van der Waals surface area (Å²) in [7, 11) is 1.98. The summed E-state index contributed by atoms with van der Waals surface area (Å²) in [5, 5.41) is 11.5. The first kappa shape index (κ1) is 19.5. The van der Waals surface area contributed by atoms with E-state index in [1.165, 1.54) is 16.8 Å². The third-order valence-corrected chi connectivity index (χ3v) is 4.82. The molecule has 1 fully saturated rings. The quantitative estimate of drug-likeness (QED) is 0.471. The van der Waals surface area contributed by atoms with Crippen LogP contribution < -0.4 is 10.6 Å². The maximum atomic E-state index is 4.79. The molecule has 1 saturated heterocycles. The topological polar surface area (TPSA) is 57.5 Å². The van der Waals surface area contributed by atoms with Gasteiger partial charge in [-0.25, -0.2) is 4.99 Å². The average Bonchev–Trinajstić information content (AvgIpc) is 2.79. The highest BCUT2D eigenvalue weighted by atomic mass is 15.3. The Morgan fingerprint density at radius 2 is 2.00 bits per heavy atom. The fourth-order valence-corrected chi connectivity index (χ4v) is 3.33. The van der Waals surface area contributed by atoms with Crippen LogP contribution in [-0.4, -0.2) is 52.9 Å². The van der Waals surface area contributed by atoms with Crippen molar-refractivity contribution in [2.24, 2.45) is 12.0 Å². The van der Waals surface area contributed by atoms with Crippen molar-refractivity contribution in [3.05, 3.63) is 29.1 Å². The molecule has 25 heavy (non-hydrogen) atoms. The number of hydrogen-bond donors (Lipinski definition) is 2.